The second-order valence-corrected chi connectivity index (χ2v) is 4.54. The molecule has 3 rings (SSSR count). The Balaban J connectivity index is 2.21. The molecule has 2 N–H and O–H groups in total. The Morgan fingerprint density at radius 3 is 2.30 bits per heavy atom. The van der Waals surface area contributed by atoms with Crippen LogP contribution in [0.3, 0.4) is 0 Å². The number of halogens is 2. The van der Waals surface area contributed by atoms with Gasteiger partial charge in [-0.2, -0.15) is 0 Å². The lowest BCUT2D eigenvalue weighted by Crippen LogP contribution is -2.16. The van der Waals surface area contributed by atoms with E-state index in [-0.39, 0.29) is 5.56 Å². The molecule has 20 heavy (non-hydrogen) atoms. The van der Waals surface area contributed by atoms with Gasteiger partial charge in [-0.25, -0.2) is 8.78 Å². The van der Waals surface area contributed by atoms with E-state index in [0.29, 0.717) is 11.1 Å². The van der Waals surface area contributed by atoms with Gasteiger partial charge in [0.2, 0.25) is 0 Å². The predicted molar refractivity (Wildman–Crippen MR) is 74.1 cm³/mol. The quantitative estimate of drug-likeness (QED) is 0.773. The van der Waals surface area contributed by atoms with Crippen LogP contribution >= 0.6 is 0 Å². The number of pyridine rings is 1. The Morgan fingerprint density at radius 1 is 0.900 bits per heavy atom. The number of fused-ring (bicyclic) bond motifs is 1. The maximum Gasteiger partial charge on any atom is 0.131 e. The Morgan fingerprint density at radius 2 is 1.55 bits per heavy atom. The molecule has 0 fully saturated rings. The molecule has 0 saturated carbocycles. The number of benzene rings is 2. The fraction of sp³-hybridized carbons (Fsp3) is 0.0625. The topological polar surface area (TPSA) is 38.9 Å². The summed E-state index contributed by atoms with van der Waals surface area (Å²) in [5.41, 5.74) is 7.19. The van der Waals surface area contributed by atoms with Crippen LogP contribution in [0.4, 0.5) is 8.78 Å². The number of nitrogens with zero attached hydrogens (tertiary/aromatic N) is 1. The molecule has 0 aliphatic rings. The van der Waals surface area contributed by atoms with Crippen molar-refractivity contribution in [1.82, 2.24) is 4.98 Å². The SMILES string of the molecule is NC(c1c(F)cccc1F)c1cccc2cccnc12. The van der Waals surface area contributed by atoms with E-state index in [2.05, 4.69) is 4.98 Å². The van der Waals surface area contributed by atoms with E-state index < -0.39 is 17.7 Å². The van der Waals surface area contributed by atoms with Crippen LogP contribution < -0.4 is 5.73 Å². The van der Waals surface area contributed by atoms with Gasteiger partial charge in [-0.3, -0.25) is 4.98 Å². The zero-order valence-corrected chi connectivity index (χ0v) is 10.6. The van der Waals surface area contributed by atoms with Gasteiger partial charge in [-0.15, -0.1) is 0 Å². The summed E-state index contributed by atoms with van der Waals surface area (Å²) in [5.74, 6) is -1.30. The Hall–Kier alpha value is -2.33. The first-order chi connectivity index (χ1) is 9.68. The summed E-state index contributed by atoms with van der Waals surface area (Å²) in [4.78, 5) is 4.26. The van der Waals surface area contributed by atoms with Crippen molar-refractivity contribution in [2.24, 2.45) is 5.73 Å². The van der Waals surface area contributed by atoms with Crippen molar-refractivity contribution in [2.45, 2.75) is 6.04 Å². The maximum atomic E-state index is 13.8. The van der Waals surface area contributed by atoms with Crippen LogP contribution in [0.1, 0.15) is 17.2 Å². The molecule has 0 aliphatic carbocycles. The number of nitrogens with two attached hydrogens (primary N) is 1. The summed E-state index contributed by atoms with van der Waals surface area (Å²) in [5, 5.41) is 0.886. The number of hydrogen-bond donors (Lipinski definition) is 1. The molecule has 2 aromatic carbocycles. The van der Waals surface area contributed by atoms with Crippen molar-refractivity contribution in [3.63, 3.8) is 0 Å². The maximum absolute atomic E-state index is 13.8. The van der Waals surface area contributed by atoms with E-state index in [4.69, 9.17) is 5.73 Å². The van der Waals surface area contributed by atoms with Gasteiger partial charge >= 0.3 is 0 Å². The molecule has 3 aromatic rings. The smallest absolute Gasteiger partial charge is 0.131 e. The van der Waals surface area contributed by atoms with E-state index in [0.717, 1.165) is 5.39 Å². The molecule has 0 radical (unpaired) electrons. The summed E-state index contributed by atoms with van der Waals surface area (Å²) in [6.45, 7) is 0. The van der Waals surface area contributed by atoms with Crippen molar-refractivity contribution in [3.05, 3.63) is 77.5 Å². The number of aromatic nitrogens is 1. The molecule has 1 atom stereocenters. The largest absolute Gasteiger partial charge is 0.320 e. The first-order valence-corrected chi connectivity index (χ1v) is 6.21. The third-order valence-electron chi connectivity index (χ3n) is 3.31. The van der Waals surface area contributed by atoms with Gasteiger partial charge in [0.15, 0.2) is 0 Å². The lowest BCUT2D eigenvalue weighted by Gasteiger charge is -2.16. The van der Waals surface area contributed by atoms with E-state index >= 15 is 0 Å². The third kappa shape index (κ3) is 2.04. The zero-order chi connectivity index (χ0) is 14.1. The first kappa shape index (κ1) is 12.7. The van der Waals surface area contributed by atoms with Crippen LogP contribution in [0.25, 0.3) is 10.9 Å². The highest BCUT2D eigenvalue weighted by atomic mass is 19.1. The molecule has 2 nitrogen and oxygen atoms in total. The average Bonchev–Trinajstić information content (AvgIpc) is 2.46. The molecule has 1 heterocycles. The lowest BCUT2D eigenvalue weighted by molar-refractivity contribution is 0.544. The van der Waals surface area contributed by atoms with Gasteiger partial charge in [0, 0.05) is 17.1 Å². The molecular weight excluding hydrogens is 258 g/mol. The van der Waals surface area contributed by atoms with E-state index in [1.54, 1.807) is 24.4 Å². The molecule has 4 heteroatoms. The Labute approximate surface area is 114 Å². The van der Waals surface area contributed by atoms with E-state index in [9.17, 15) is 8.78 Å². The van der Waals surface area contributed by atoms with E-state index in [1.807, 2.05) is 12.1 Å². The van der Waals surface area contributed by atoms with Crippen LogP contribution in [-0.2, 0) is 0 Å². The van der Waals surface area contributed by atoms with Crippen molar-refractivity contribution in [1.29, 1.82) is 0 Å². The molecular formula is C16H12F2N2. The standard InChI is InChI=1S/C16H12F2N2/c17-12-7-2-8-13(18)14(12)15(19)11-6-1-4-10-5-3-9-20-16(10)11/h1-9,15H,19H2. The van der Waals surface area contributed by atoms with Crippen LogP contribution in [0.15, 0.2) is 54.7 Å². The summed E-state index contributed by atoms with van der Waals surface area (Å²) < 4.78 is 27.7. The molecule has 100 valence electrons. The molecule has 0 amide bonds. The van der Waals surface area contributed by atoms with Gasteiger partial charge in [0.05, 0.1) is 11.6 Å². The molecule has 0 aliphatic heterocycles. The molecule has 0 bridgehead atoms. The monoisotopic (exact) mass is 270 g/mol. The number of rotatable bonds is 2. The first-order valence-electron chi connectivity index (χ1n) is 6.21. The van der Waals surface area contributed by atoms with Crippen LogP contribution in [0, 0.1) is 11.6 Å². The van der Waals surface area contributed by atoms with Gasteiger partial charge in [-0.1, -0.05) is 30.3 Å². The summed E-state index contributed by atoms with van der Waals surface area (Å²) >= 11 is 0. The second kappa shape index (κ2) is 4.98. The predicted octanol–water partition coefficient (Wildman–Crippen LogP) is 3.56. The molecule has 1 aromatic heterocycles. The Kier molecular flexibility index (Phi) is 3.16. The fourth-order valence-electron chi connectivity index (χ4n) is 2.34. The van der Waals surface area contributed by atoms with E-state index in [1.165, 1.54) is 18.2 Å². The van der Waals surface area contributed by atoms with Gasteiger partial charge in [-0.05, 0) is 23.8 Å². The van der Waals surface area contributed by atoms with Crippen LogP contribution in [0.2, 0.25) is 0 Å². The van der Waals surface area contributed by atoms with Gasteiger partial charge < -0.3 is 5.73 Å². The van der Waals surface area contributed by atoms with Crippen molar-refractivity contribution in [2.75, 3.05) is 0 Å². The van der Waals surface area contributed by atoms with Gasteiger partial charge in [0.25, 0.3) is 0 Å². The molecule has 1 unspecified atom stereocenters. The molecule has 0 saturated heterocycles. The fourth-order valence-corrected chi connectivity index (χ4v) is 2.34. The minimum atomic E-state index is -0.894. The highest BCUT2D eigenvalue weighted by Crippen LogP contribution is 2.28. The highest BCUT2D eigenvalue weighted by Gasteiger charge is 2.20. The van der Waals surface area contributed by atoms with Crippen molar-refractivity contribution >= 4 is 10.9 Å². The summed E-state index contributed by atoms with van der Waals surface area (Å²) in [6.07, 6.45) is 1.64. The van der Waals surface area contributed by atoms with Crippen molar-refractivity contribution < 1.29 is 8.78 Å². The van der Waals surface area contributed by atoms with Crippen LogP contribution in [0.5, 0.6) is 0 Å². The van der Waals surface area contributed by atoms with Crippen molar-refractivity contribution in [3.8, 4) is 0 Å². The number of hydrogen-bond acceptors (Lipinski definition) is 2. The third-order valence-corrected chi connectivity index (χ3v) is 3.31. The minimum Gasteiger partial charge on any atom is -0.320 e. The average molecular weight is 270 g/mol. The molecule has 0 spiro atoms. The zero-order valence-electron chi connectivity index (χ0n) is 10.6. The number of para-hydroxylation sites is 1. The Bertz CT molecular complexity index is 746. The summed E-state index contributed by atoms with van der Waals surface area (Å²) in [6, 6.07) is 12.0. The van der Waals surface area contributed by atoms with Gasteiger partial charge in [0.1, 0.15) is 11.6 Å². The van der Waals surface area contributed by atoms with Crippen LogP contribution in [-0.4, -0.2) is 4.98 Å². The normalized spacial score (nSPS) is 12.6. The minimum absolute atomic E-state index is 0.134. The summed E-state index contributed by atoms with van der Waals surface area (Å²) in [7, 11) is 0. The highest BCUT2D eigenvalue weighted by molar-refractivity contribution is 5.82. The second-order valence-electron chi connectivity index (χ2n) is 4.54. The lowest BCUT2D eigenvalue weighted by atomic mass is 9.96.